The molecule has 0 bridgehead atoms. The third-order valence-electron chi connectivity index (χ3n) is 7.98. The van der Waals surface area contributed by atoms with E-state index in [0.29, 0.717) is 22.9 Å². The SMILES string of the molecule is COc1ccc(N(CCCC(=O)N(Cc2cccc(Cl)c2)[C@@H](Cc2ccccc2)C(=O)NC2CCCCC2)S(C)(=O)=O)cc1. The Hall–Kier alpha value is -3.56. The van der Waals surface area contributed by atoms with Gasteiger partial charge in [0.2, 0.25) is 21.8 Å². The Labute approximate surface area is 266 Å². The summed E-state index contributed by atoms with van der Waals surface area (Å²) in [4.78, 5) is 29.6. The molecule has 0 aliphatic heterocycles. The molecule has 1 aliphatic rings. The third-order valence-corrected chi connectivity index (χ3v) is 9.41. The molecule has 3 aromatic carbocycles. The van der Waals surface area contributed by atoms with Gasteiger partial charge in [0.05, 0.1) is 19.1 Å². The van der Waals surface area contributed by atoms with Crippen LogP contribution >= 0.6 is 11.6 Å². The van der Waals surface area contributed by atoms with Gasteiger partial charge >= 0.3 is 0 Å². The van der Waals surface area contributed by atoms with Gasteiger partial charge in [0.1, 0.15) is 11.8 Å². The van der Waals surface area contributed by atoms with Crippen LogP contribution in [0.1, 0.15) is 56.1 Å². The number of hydrogen-bond donors (Lipinski definition) is 1. The number of anilines is 1. The van der Waals surface area contributed by atoms with Crippen molar-refractivity contribution >= 4 is 39.1 Å². The predicted molar refractivity (Wildman–Crippen MR) is 175 cm³/mol. The molecule has 1 saturated carbocycles. The fourth-order valence-corrected chi connectivity index (χ4v) is 6.86. The zero-order valence-electron chi connectivity index (χ0n) is 25.5. The van der Waals surface area contributed by atoms with E-state index < -0.39 is 16.1 Å². The number of ether oxygens (including phenoxy) is 1. The second-order valence-corrected chi connectivity index (χ2v) is 13.7. The van der Waals surface area contributed by atoms with E-state index in [2.05, 4.69) is 5.32 Å². The van der Waals surface area contributed by atoms with Crippen molar-refractivity contribution in [2.24, 2.45) is 0 Å². The third kappa shape index (κ3) is 9.72. The largest absolute Gasteiger partial charge is 0.497 e. The maximum absolute atomic E-state index is 14.0. The highest BCUT2D eigenvalue weighted by Crippen LogP contribution is 2.24. The number of amides is 2. The zero-order chi connectivity index (χ0) is 31.5. The van der Waals surface area contributed by atoms with Gasteiger partial charge in [-0.25, -0.2) is 8.42 Å². The molecule has 1 fully saturated rings. The maximum atomic E-state index is 14.0. The number of methoxy groups -OCH3 is 1. The second kappa shape index (κ2) is 16.0. The molecule has 0 spiro atoms. The highest BCUT2D eigenvalue weighted by Gasteiger charge is 2.32. The first-order valence-electron chi connectivity index (χ1n) is 15.1. The van der Waals surface area contributed by atoms with E-state index in [0.717, 1.165) is 43.1 Å². The maximum Gasteiger partial charge on any atom is 0.243 e. The summed E-state index contributed by atoms with van der Waals surface area (Å²) in [5.41, 5.74) is 2.25. The first-order valence-corrected chi connectivity index (χ1v) is 17.4. The number of nitrogens with zero attached hydrogens (tertiary/aromatic N) is 2. The minimum Gasteiger partial charge on any atom is -0.497 e. The summed E-state index contributed by atoms with van der Waals surface area (Å²) in [6.07, 6.45) is 7.01. The monoisotopic (exact) mass is 639 g/mol. The summed E-state index contributed by atoms with van der Waals surface area (Å²) in [5, 5.41) is 3.79. The topological polar surface area (TPSA) is 96.0 Å². The average molecular weight is 640 g/mol. The standard InChI is InChI=1S/C34H42ClN3O5S/c1-43-31-20-18-30(19-21-31)38(44(2,41)42)22-10-17-33(39)37(25-27-13-9-14-28(35)23-27)32(24-26-11-5-3-6-12-26)34(40)36-29-15-7-4-8-16-29/h3,5-6,9,11-14,18-21,23,29,32H,4,7-8,10,15-17,22,24-25H2,1-2H3,(H,36,40)/t32-/m0/s1. The molecule has 8 nitrogen and oxygen atoms in total. The smallest absolute Gasteiger partial charge is 0.243 e. The molecule has 0 unspecified atom stereocenters. The molecule has 44 heavy (non-hydrogen) atoms. The van der Waals surface area contributed by atoms with Gasteiger partial charge in [-0.3, -0.25) is 13.9 Å². The van der Waals surface area contributed by atoms with Crippen molar-refractivity contribution in [3.63, 3.8) is 0 Å². The summed E-state index contributed by atoms with van der Waals surface area (Å²) in [6.45, 7) is 0.308. The van der Waals surface area contributed by atoms with Crippen LogP contribution in [0.5, 0.6) is 5.75 Å². The van der Waals surface area contributed by atoms with Crippen LogP contribution in [0, 0.1) is 0 Å². The number of rotatable bonds is 14. The number of sulfonamides is 1. The van der Waals surface area contributed by atoms with Crippen LogP contribution in [-0.4, -0.2) is 57.1 Å². The summed E-state index contributed by atoms with van der Waals surface area (Å²) < 4.78 is 31.9. The number of hydrogen-bond acceptors (Lipinski definition) is 5. The lowest BCUT2D eigenvalue weighted by Crippen LogP contribution is -2.52. The Morgan fingerprint density at radius 3 is 2.27 bits per heavy atom. The fourth-order valence-electron chi connectivity index (χ4n) is 5.68. The second-order valence-electron chi connectivity index (χ2n) is 11.3. The van der Waals surface area contributed by atoms with Gasteiger partial charge in [0, 0.05) is 37.0 Å². The average Bonchev–Trinajstić information content (AvgIpc) is 3.01. The number of halogens is 1. The predicted octanol–water partition coefficient (Wildman–Crippen LogP) is 5.98. The lowest BCUT2D eigenvalue weighted by molar-refractivity contribution is -0.141. The molecule has 1 atom stereocenters. The van der Waals surface area contributed by atoms with Crippen LogP contribution in [-0.2, 0) is 32.6 Å². The van der Waals surface area contributed by atoms with E-state index >= 15 is 0 Å². The van der Waals surface area contributed by atoms with Crippen LogP contribution in [0.4, 0.5) is 5.69 Å². The summed E-state index contributed by atoms with van der Waals surface area (Å²) >= 11 is 6.29. The van der Waals surface area contributed by atoms with Crippen molar-refractivity contribution in [1.82, 2.24) is 10.2 Å². The molecule has 236 valence electrons. The number of carbonyl (C=O) groups is 2. The molecule has 2 amide bonds. The number of benzene rings is 3. The van der Waals surface area contributed by atoms with Crippen LogP contribution in [0.3, 0.4) is 0 Å². The molecular formula is C34H42ClN3O5S. The van der Waals surface area contributed by atoms with Crippen LogP contribution < -0.4 is 14.4 Å². The fraction of sp³-hybridized carbons (Fsp3) is 0.412. The molecule has 1 N–H and O–H groups in total. The summed E-state index contributed by atoms with van der Waals surface area (Å²) in [6, 6.07) is 23.1. The van der Waals surface area contributed by atoms with E-state index in [1.54, 1.807) is 48.4 Å². The molecule has 10 heteroatoms. The number of carbonyl (C=O) groups excluding carboxylic acids is 2. The minimum atomic E-state index is -3.61. The molecule has 0 radical (unpaired) electrons. The van der Waals surface area contributed by atoms with Gasteiger partial charge in [0.15, 0.2) is 0 Å². The first kappa shape index (κ1) is 33.3. The van der Waals surface area contributed by atoms with Crippen molar-refractivity contribution in [2.45, 2.75) is 70.0 Å². The Morgan fingerprint density at radius 1 is 0.955 bits per heavy atom. The van der Waals surface area contributed by atoms with Gasteiger partial charge in [-0.15, -0.1) is 0 Å². The Balaban J connectivity index is 1.58. The molecule has 0 saturated heterocycles. The van der Waals surface area contributed by atoms with E-state index in [4.69, 9.17) is 16.3 Å². The molecular weight excluding hydrogens is 598 g/mol. The van der Waals surface area contributed by atoms with Gasteiger partial charge in [-0.2, -0.15) is 0 Å². The van der Waals surface area contributed by atoms with Crippen LogP contribution in [0.25, 0.3) is 0 Å². The minimum absolute atomic E-state index is 0.0603. The molecule has 3 aromatic rings. The normalized spacial score (nSPS) is 14.4. The van der Waals surface area contributed by atoms with Crippen LogP contribution in [0.2, 0.25) is 5.02 Å². The molecule has 1 aliphatic carbocycles. The lowest BCUT2D eigenvalue weighted by Gasteiger charge is -2.34. The van der Waals surface area contributed by atoms with Crippen molar-refractivity contribution < 1.29 is 22.7 Å². The Kier molecular flexibility index (Phi) is 12.1. The molecule has 4 rings (SSSR count). The first-order chi connectivity index (χ1) is 21.1. The van der Waals surface area contributed by atoms with Crippen molar-refractivity contribution in [3.05, 3.63) is 95.0 Å². The van der Waals surface area contributed by atoms with E-state index in [-0.39, 0.29) is 43.8 Å². The quantitative estimate of drug-likeness (QED) is 0.234. The Morgan fingerprint density at radius 2 is 1.64 bits per heavy atom. The summed E-state index contributed by atoms with van der Waals surface area (Å²) in [7, 11) is -2.06. The zero-order valence-corrected chi connectivity index (χ0v) is 27.0. The van der Waals surface area contributed by atoms with Gasteiger partial charge < -0.3 is 15.0 Å². The molecule has 0 heterocycles. The summed E-state index contributed by atoms with van der Waals surface area (Å²) in [5.74, 6) is 0.213. The van der Waals surface area contributed by atoms with Crippen LogP contribution in [0.15, 0.2) is 78.9 Å². The van der Waals surface area contributed by atoms with E-state index in [9.17, 15) is 18.0 Å². The highest BCUT2D eigenvalue weighted by atomic mass is 35.5. The van der Waals surface area contributed by atoms with Crippen molar-refractivity contribution in [2.75, 3.05) is 24.2 Å². The van der Waals surface area contributed by atoms with E-state index in [1.807, 2.05) is 42.5 Å². The Bertz CT molecular complexity index is 1480. The van der Waals surface area contributed by atoms with Crippen molar-refractivity contribution in [3.8, 4) is 5.75 Å². The van der Waals surface area contributed by atoms with Gasteiger partial charge in [-0.05, 0) is 66.8 Å². The lowest BCUT2D eigenvalue weighted by atomic mass is 9.94. The highest BCUT2D eigenvalue weighted by molar-refractivity contribution is 7.92. The number of nitrogens with one attached hydrogen (secondary N) is 1. The van der Waals surface area contributed by atoms with Gasteiger partial charge in [-0.1, -0.05) is 73.3 Å². The van der Waals surface area contributed by atoms with Gasteiger partial charge in [0.25, 0.3) is 0 Å². The van der Waals surface area contributed by atoms with E-state index in [1.165, 1.54) is 10.7 Å². The van der Waals surface area contributed by atoms with Crippen molar-refractivity contribution in [1.29, 1.82) is 0 Å². The molecule has 0 aromatic heterocycles.